The summed E-state index contributed by atoms with van der Waals surface area (Å²) in [5, 5.41) is 7.18. The summed E-state index contributed by atoms with van der Waals surface area (Å²) < 4.78 is 4.75. The number of nitrogens with one attached hydrogen (secondary N) is 2. The maximum absolute atomic E-state index is 11.8. The molecule has 0 aliphatic carbocycles. The van der Waals surface area contributed by atoms with Gasteiger partial charge in [0.1, 0.15) is 0 Å². The minimum absolute atomic E-state index is 0.0396. The van der Waals surface area contributed by atoms with Gasteiger partial charge in [-0.05, 0) is 74.3 Å². The van der Waals surface area contributed by atoms with Crippen molar-refractivity contribution in [3.8, 4) is 0 Å². The van der Waals surface area contributed by atoms with Gasteiger partial charge in [-0.3, -0.25) is 0 Å². The van der Waals surface area contributed by atoms with Crippen molar-refractivity contribution < 1.29 is 9.53 Å². The largest absolute Gasteiger partial charge is 0.465 e. The fraction of sp³-hybridized carbons (Fsp3) is 0.364. The van der Waals surface area contributed by atoms with Gasteiger partial charge in [0.15, 0.2) is 5.11 Å². The highest BCUT2D eigenvalue weighted by atomic mass is 35.5. The Labute approximate surface area is 182 Å². The number of methoxy groups -OCH3 is 1. The Morgan fingerprint density at radius 3 is 2.48 bits per heavy atom. The Hall–Kier alpha value is -2.31. The van der Waals surface area contributed by atoms with Crippen molar-refractivity contribution in [2.75, 3.05) is 30.4 Å². The van der Waals surface area contributed by atoms with E-state index in [1.807, 2.05) is 0 Å². The van der Waals surface area contributed by atoms with Crippen LogP contribution in [0.1, 0.15) is 48.1 Å². The molecule has 0 saturated carbocycles. The molecule has 0 radical (unpaired) electrons. The molecule has 1 aliphatic rings. The number of benzene rings is 2. The molecule has 1 atom stereocenters. The number of hydrogen-bond acceptors (Lipinski definition) is 4. The zero-order valence-electron chi connectivity index (χ0n) is 16.7. The van der Waals surface area contributed by atoms with E-state index in [-0.39, 0.29) is 6.04 Å². The lowest BCUT2D eigenvalue weighted by Gasteiger charge is -2.29. The highest BCUT2D eigenvalue weighted by Gasteiger charge is 2.14. The maximum Gasteiger partial charge on any atom is 0.339 e. The van der Waals surface area contributed by atoms with E-state index in [0.29, 0.717) is 21.4 Å². The number of piperidine rings is 1. The quantitative estimate of drug-likeness (QED) is 0.503. The molecule has 0 spiro atoms. The second-order valence-electron chi connectivity index (χ2n) is 7.15. The van der Waals surface area contributed by atoms with Gasteiger partial charge in [-0.1, -0.05) is 23.7 Å². The van der Waals surface area contributed by atoms with Crippen LogP contribution in [0.15, 0.2) is 42.5 Å². The average Bonchev–Trinajstić information content (AvgIpc) is 2.75. The van der Waals surface area contributed by atoms with Gasteiger partial charge in [0.05, 0.1) is 23.7 Å². The standard InChI is InChI=1S/C22H26ClN3O2S/c1-15(16-6-9-18(10-7-16)26-12-4-3-5-13-26)24-22(29)25-17-8-11-20(23)19(14-17)21(27)28-2/h6-11,14-15H,3-5,12-13H2,1-2H3,(H2,24,25,29)/t15-/m0/s1. The number of carbonyl (C=O) groups is 1. The molecule has 5 nitrogen and oxygen atoms in total. The van der Waals surface area contributed by atoms with Crippen molar-refractivity contribution in [2.45, 2.75) is 32.2 Å². The Morgan fingerprint density at radius 2 is 1.83 bits per heavy atom. The van der Waals surface area contributed by atoms with E-state index in [2.05, 4.69) is 46.7 Å². The molecule has 1 fully saturated rings. The van der Waals surface area contributed by atoms with Crippen LogP contribution in [0.3, 0.4) is 0 Å². The second kappa shape index (κ2) is 9.94. The molecule has 2 N–H and O–H groups in total. The minimum Gasteiger partial charge on any atom is -0.465 e. The van der Waals surface area contributed by atoms with Crippen LogP contribution < -0.4 is 15.5 Å². The van der Waals surface area contributed by atoms with Gasteiger partial charge >= 0.3 is 5.97 Å². The lowest BCUT2D eigenvalue weighted by Crippen LogP contribution is -2.31. The lowest BCUT2D eigenvalue weighted by atomic mass is 10.1. The van der Waals surface area contributed by atoms with Gasteiger partial charge in [-0.25, -0.2) is 4.79 Å². The Kier molecular flexibility index (Phi) is 7.34. The number of halogens is 1. The number of nitrogens with zero attached hydrogens (tertiary/aromatic N) is 1. The highest BCUT2D eigenvalue weighted by molar-refractivity contribution is 7.80. The molecule has 0 amide bonds. The van der Waals surface area contributed by atoms with Crippen LogP contribution in [0.5, 0.6) is 0 Å². The van der Waals surface area contributed by atoms with Crippen molar-refractivity contribution in [3.05, 3.63) is 58.6 Å². The van der Waals surface area contributed by atoms with E-state index >= 15 is 0 Å². The molecule has 0 aromatic heterocycles. The fourth-order valence-electron chi connectivity index (χ4n) is 3.44. The highest BCUT2D eigenvalue weighted by Crippen LogP contribution is 2.23. The number of anilines is 2. The minimum atomic E-state index is -0.486. The van der Waals surface area contributed by atoms with Crippen LogP contribution >= 0.6 is 23.8 Å². The van der Waals surface area contributed by atoms with E-state index in [0.717, 1.165) is 18.7 Å². The van der Waals surface area contributed by atoms with Crippen molar-refractivity contribution in [2.24, 2.45) is 0 Å². The third-order valence-corrected chi connectivity index (χ3v) is 5.64. The first-order valence-electron chi connectivity index (χ1n) is 9.78. The van der Waals surface area contributed by atoms with Crippen molar-refractivity contribution >= 4 is 46.3 Å². The van der Waals surface area contributed by atoms with Gasteiger partial charge in [0.25, 0.3) is 0 Å². The number of hydrogen-bond donors (Lipinski definition) is 2. The number of rotatable bonds is 5. The monoisotopic (exact) mass is 431 g/mol. The molecule has 1 heterocycles. The van der Waals surface area contributed by atoms with Gasteiger partial charge in [-0.2, -0.15) is 0 Å². The Balaban J connectivity index is 1.59. The van der Waals surface area contributed by atoms with Crippen LogP contribution in [0.4, 0.5) is 11.4 Å². The average molecular weight is 432 g/mol. The molecular formula is C22H26ClN3O2S. The van der Waals surface area contributed by atoms with E-state index in [1.165, 1.54) is 32.1 Å². The second-order valence-corrected chi connectivity index (χ2v) is 7.96. The maximum atomic E-state index is 11.8. The SMILES string of the molecule is COC(=O)c1cc(NC(=S)N[C@@H](C)c2ccc(N3CCCCC3)cc2)ccc1Cl. The summed E-state index contributed by atoms with van der Waals surface area (Å²) in [5.41, 5.74) is 3.39. The van der Waals surface area contributed by atoms with E-state index < -0.39 is 5.97 Å². The Bertz CT molecular complexity index is 867. The predicted molar refractivity (Wildman–Crippen MR) is 123 cm³/mol. The molecule has 1 saturated heterocycles. The van der Waals surface area contributed by atoms with Gasteiger partial charge < -0.3 is 20.3 Å². The van der Waals surface area contributed by atoms with Crippen LogP contribution in [0.2, 0.25) is 5.02 Å². The van der Waals surface area contributed by atoms with E-state index in [1.54, 1.807) is 18.2 Å². The lowest BCUT2D eigenvalue weighted by molar-refractivity contribution is 0.0601. The summed E-state index contributed by atoms with van der Waals surface area (Å²) in [6.07, 6.45) is 3.86. The van der Waals surface area contributed by atoms with Gasteiger partial charge in [-0.15, -0.1) is 0 Å². The summed E-state index contributed by atoms with van der Waals surface area (Å²) in [4.78, 5) is 14.2. The number of esters is 1. The summed E-state index contributed by atoms with van der Waals surface area (Å²) in [6, 6.07) is 13.7. The number of thiocarbonyl (C=S) groups is 1. The third kappa shape index (κ3) is 5.61. The normalized spacial score (nSPS) is 14.8. The summed E-state index contributed by atoms with van der Waals surface area (Å²) in [7, 11) is 1.32. The summed E-state index contributed by atoms with van der Waals surface area (Å²) in [5.74, 6) is -0.486. The third-order valence-electron chi connectivity index (χ3n) is 5.09. The number of carbonyl (C=O) groups excluding carboxylic acids is 1. The topological polar surface area (TPSA) is 53.6 Å². The summed E-state index contributed by atoms with van der Waals surface area (Å²) >= 11 is 11.5. The molecule has 2 aromatic carbocycles. The zero-order chi connectivity index (χ0) is 20.8. The molecule has 0 bridgehead atoms. The molecule has 154 valence electrons. The van der Waals surface area contributed by atoms with Crippen LogP contribution in [-0.4, -0.2) is 31.3 Å². The van der Waals surface area contributed by atoms with E-state index in [4.69, 9.17) is 28.6 Å². The first kappa shape index (κ1) is 21.4. The zero-order valence-corrected chi connectivity index (χ0v) is 18.3. The molecule has 29 heavy (non-hydrogen) atoms. The smallest absolute Gasteiger partial charge is 0.339 e. The first-order chi connectivity index (χ1) is 14.0. The molecular weight excluding hydrogens is 406 g/mol. The van der Waals surface area contributed by atoms with Crippen molar-refractivity contribution in [3.63, 3.8) is 0 Å². The molecule has 7 heteroatoms. The molecule has 0 unspecified atom stereocenters. The van der Waals surface area contributed by atoms with Gasteiger partial charge in [0.2, 0.25) is 0 Å². The fourth-order valence-corrected chi connectivity index (χ4v) is 3.93. The molecule has 1 aliphatic heterocycles. The van der Waals surface area contributed by atoms with Crippen LogP contribution in [0, 0.1) is 0 Å². The van der Waals surface area contributed by atoms with Crippen molar-refractivity contribution in [1.29, 1.82) is 0 Å². The number of ether oxygens (including phenoxy) is 1. The molecule has 2 aromatic rings. The Morgan fingerprint density at radius 1 is 1.14 bits per heavy atom. The van der Waals surface area contributed by atoms with E-state index in [9.17, 15) is 4.79 Å². The predicted octanol–water partition coefficient (Wildman–Crippen LogP) is 5.16. The van der Waals surface area contributed by atoms with Crippen LogP contribution in [0.25, 0.3) is 0 Å². The van der Waals surface area contributed by atoms with Crippen molar-refractivity contribution in [1.82, 2.24) is 5.32 Å². The van der Waals surface area contributed by atoms with Crippen LogP contribution in [-0.2, 0) is 4.74 Å². The summed E-state index contributed by atoms with van der Waals surface area (Å²) in [6.45, 7) is 4.33. The first-order valence-corrected chi connectivity index (χ1v) is 10.6. The van der Waals surface area contributed by atoms with Gasteiger partial charge in [0, 0.05) is 24.5 Å². The molecule has 3 rings (SSSR count).